The first-order valence-electron chi connectivity index (χ1n) is 6.75. The molecule has 2 rings (SSSR count). The Balaban J connectivity index is 2.08. The van der Waals surface area contributed by atoms with Crippen molar-refractivity contribution in [2.45, 2.75) is 31.9 Å². The molecule has 1 aliphatic carbocycles. The van der Waals surface area contributed by atoms with E-state index in [1.54, 1.807) is 11.9 Å². The van der Waals surface area contributed by atoms with Crippen LogP contribution in [-0.2, 0) is 4.79 Å². The maximum Gasteiger partial charge on any atom is 0.270 e. The van der Waals surface area contributed by atoms with Crippen LogP contribution in [0.1, 0.15) is 31.4 Å². The van der Waals surface area contributed by atoms with Crippen LogP contribution in [0.2, 0.25) is 0 Å². The number of nitrogens with zero attached hydrogens (tertiary/aromatic N) is 2. The smallest absolute Gasteiger partial charge is 0.270 e. The van der Waals surface area contributed by atoms with Crippen molar-refractivity contribution < 1.29 is 19.6 Å². The number of nitro groups is 1. The number of likely N-dealkylation sites (N-methyl/N-ethyl adjacent to an activating group) is 1. The predicted molar refractivity (Wildman–Crippen MR) is 75.0 cm³/mol. The zero-order valence-corrected chi connectivity index (χ0v) is 12.0. The van der Waals surface area contributed by atoms with Gasteiger partial charge in [0.1, 0.15) is 5.75 Å². The van der Waals surface area contributed by atoms with E-state index in [4.69, 9.17) is 4.74 Å². The summed E-state index contributed by atoms with van der Waals surface area (Å²) >= 11 is 0. The molecule has 1 aromatic carbocycles. The van der Waals surface area contributed by atoms with Crippen LogP contribution >= 0.6 is 0 Å². The lowest BCUT2D eigenvalue weighted by Crippen LogP contribution is -2.33. The van der Waals surface area contributed by atoms with Gasteiger partial charge in [-0.05, 0) is 25.8 Å². The van der Waals surface area contributed by atoms with Gasteiger partial charge in [0.15, 0.2) is 6.61 Å². The molecule has 0 aliphatic heterocycles. The number of hydrogen-bond acceptors (Lipinski definition) is 5. The summed E-state index contributed by atoms with van der Waals surface area (Å²) in [6, 6.07) is 4.25. The number of carbonyl (C=O) groups is 1. The fourth-order valence-corrected chi connectivity index (χ4v) is 2.01. The van der Waals surface area contributed by atoms with Gasteiger partial charge in [-0.25, -0.2) is 0 Å². The van der Waals surface area contributed by atoms with E-state index in [9.17, 15) is 20.0 Å². The molecule has 0 radical (unpaired) electrons. The van der Waals surface area contributed by atoms with E-state index in [1.165, 1.54) is 25.1 Å². The van der Waals surface area contributed by atoms with Gasteiger partial charge in [0, 0.05) is 30.8 Å². The molecule has 0 saturated heterocycles. The minimum atomic E-state index is -0.920. The summed E-state index contributed by atoms with van der Waals surface area (Å²) in [7, 11) is 1.73. The van der Waals surface area contributed by atoms with Gasteiger partial charge in [0.2, 0.25) is 0 Å². The Morgan fingerprint density at radius 2 is 2.24 bits per heavy atom. The summed E-state index contributed by atoms with van der Waals surface area (Å²) in [5, 5.41) is 20.4. The SMILES string of the molecule is C[C@H](O)c1cc([N+](=O)[O-])ccc1OCC(=O)N(C)C1CC1. The highest BCUT2D eigenvalue weighted by Gasteiger charge is 2.29. The quantitative estimate of drug-likeness (QED) is 0.636. The predicted octanol–water partition coefficient (Wildman–Crippen LogP) is 1.65. The summed E-state index contributed by atoms with van der Waals surface area (Å²) < 4.78 is 5.42. The molecule has 7 nitrogen and oxygen atoms in total. The zero-order chi connectivity index (χ0) is 15.6. The number of non-ortho nitro benzene ring substituents is 1. The maximum absolute atomic E-state index is 11.9. The number of aliphatic hydroxyl groups excluding tert-OH is 1. The van der Waals surface area contributed by atoms with Crippen molar-refractivity contribution in [3.05, 3.63) is 33.9 Å². The summed E-state index contributed by atoms with van der Waals surface area (Å²) in [6.45, 7) is 1.34. The average molecular weight is 294 g/mol. The highest BCUT2D eigenvalue weighted by Crippen LogP contribution is 2.30. The number of hydrogen-bond donors (Lipinski definition) is 1. The fourth-order valence-electron chi connectivity index (χ4n) is 2.01. The lowest BCUT2D eigenvalue weighted by molar-refractivity contribution is -0.385. The Morgan fingerprint density at radius 3 is 2.76 bits per heavy atom. The first-order chi connectivity index (χ1) is 9.90. The lowest BCUT2D eigenvalue weighted by Gasteiger charge is -2.18. The van der Waals surface area contributed by atoms with Gasteiger partial charge < -0.3 is 14.7 Å². The molecule has 1 N–H and O–H groups in total. The minimum Gasteiger partial charge on any atom is -0.483 e. The zero-order valence-electron chi connectivity index (χ0n) is 12.0. The molecule has 0 heterocycles. The van der Waals surface area contributed by atoms with Crippen molar-refractivity contribution in [1.82, 2.24) is 4.90 Å². The normalized spacial score (nSPS) is 15.4. The third-order valence-electron chi connectivity index (χ3n) is 3.49. The van der Waals surface area contributed by atoms with Crippen molar-refractivity contribution >= 4 is 11.6 Å². The molecule has 1 atom stereocenters. The van der Waals surface area contributed by atoms with E-state index in [0.29, 0.717) is 11.6 Å². The van der Waals surface area contributed by atoms with Crippen molar-refractivity contribution in [3.8, 4) is 5.75 Å². The van der Waals surface area contributed by atoms with Crippen LogP contribution in [-0.4, -0.2) is 40.5 Å². The molecule has 1 saturated carbocycles. The largest absolute Gasteiger partial charge is 0.483 e. The van der Waals surface area contributed by atoms with Crippen molar-refractivity contribution in [1.29, 1.82) is 0 Å². The molecule has 1 amide bonds. The molecule has 0 spiro atoms. The molecule has 1 fully saturated rings. The van der Waals surface area contributed by atoms with Crippen LogP contribution in [0.25, 0.3) is 0 Å². The second-order valence-corrected chi connectivity index (χ2v) is 5.18. The number of nitro benzene ring substituents is 1. The standard InChI is InChI=1S/C14H18N2O5/c1-9(17)12-7-11(16(19)20)5-6-13(12)21-8-14(18)15(2)10-3-4-10/h5-7,9-10,17H,3-4,8H2,1-2H3/t9-/m0/s1. The summed E-state index contributed by atoms with van der Waals surface area (Å²) in [6.07, 6.45) is 1.10. The highest BCUT2D eigenvalue weighted by molar-refractivity contribution is 5.78. The second kappa shape index (κ2) is 6.09. The van der Waals surface area contributed by atoms with Crippen LogP contribution in [0.15, 0.2) is 18.2 Å². The van der Waals surface area contributed by atoms with Gasteiger partial charge in [0.05, 0.1) is 11.0 Å². The summed E-state index contributed by atoms with van der Waals surface area (Å²) in [5.74, 6) is 0.139. The van der Waals surface area contributed by atoms with Crippen molar-refractivity contribution in [2.24, 2.45) is 0 Å². The molecular weight excluding hydrogens is 276 g/mol. The molecular formula is C14H18N2O5. The van der Waals surface area contributed by atoms with Crippen LogP contribution in [0, 0.1) is 10.1 Å². The summed E-state index contributed by atoms with van der Waals surface area (Å²) in [5.41, 5.74) is 0.172. The van der Waals surface area contributed by atoms with E-state index >= 15 is 0 Å². The van der Waals surface area contributed by atoms with Gasteiger partial charge in [-0.15, -0.1) is 0 Å². The molecule has 1 aliphatic rings. The van der Waals surface area contributed by atoms with E-state index in [2.05, 4.69) is 0 Å². The van der Waals surface area contributed by atoms with Crippen molar-refractivity contribution in [3.63, 3.8) is 0 Å². The third-order valence-corrected chi connectivity index (χ3v) is 3.49. The molecule has 0 unspecified atom stereocenters. The second-order valence-electron chi connectivity index (χ2n) is 5.18. The Hall–Kier alpha value is -2.15. The molecule has 0 aromatic heterocycles. The maximum atomic E-state index is 11.9. The van der Waals surface area contributed by atoms with Crippen LogP contribution < -0.4 is 4.74 Å². The minimum absolute atomic E-state index is 0.125. The van der Waals surface area contributed by atoms with Crippen LogP contribution in [0.3, 0.4) is 0 Å². The van der Waals surface area contributed by atoms with Gasteiger partial charge in [0.25, 0.3) is 11.6 Å². The Labute approximate surface area is 122 Å². The van der Waals surface area contributed by atoms with Crippen LogP contribution in [0.4, 0.5) is 5.69 Å². The number of aliphatic hydroxyl groups is 1. The molecule has 21 heavy (non-hydrogen) atoms. The Kier molecular flexibility index (Phi) is 4.42. The van der Waals surface area contributed by atoms with Gasteiger partial charge in [-0.2, -0.15) is 0 Å². The average Bonchev–Trinajstić information content (AvgIpc) is 3.27. The first kappa shape index (κ1) is 15.2. The molecule has 1 aromatic rings. The number of rotatable bonds is 6. The summed E-state index contributed by atoms with van der Waals surface area (Å²) in [4.78, 5) is 23.7. The first-order valence-corrected chi connectivity index (χ1v) is 6.75. The topological polar surface area (TPSA) is 92.9 Å². The van der Waals surface area contributed by atoms with Gasteiger partial charge in [-0.1, -0.05) is 0 Å². The molecule has 0 bridgehead atoms. The third kappa shape index (κ3) is 3.69. The van der Waals surface area contributed by atoms with Crippen molar-refractivity contribution in [2.75, 3.05) is 13.7 Å². The van der Waals surface area contributed by atoms with E-state index in [1.807, 2.05) is 0 Å². The number of carbonyl (C=O) groups excluding carboxylic acids is 1. The Bertz CT molecular complexity index is 554. The molecule has 7 heteroatoms. The van der Waals surface area contributed by atoms with Gasteiger partial charge >= 0.3 is 0 Å². The van der Waals surface area contributed by atoms with E-state index in [-0.39, 0.29) is 24.0 Å². The van der Waals surface area contributed by atoms with Gasteiger partial charge in [-0.3, -0.25) is 14.9 Å². The van der Waals surface area contributed by atoms with E-state index in [0.717, 1.165) is 12.8 Å². The lowest BCUT2D eigenvalue weighted by atomic mass is 10.1. The monoisotopic (exact) mass is 294 g/mol. The molecule has 114 valence electrons. The number of amides is 1. The highest BCUT2D eigenvalue weighted by atomic mass is 16.6. The van der Waals surface area contributed by atoms with E-state index < -0.39 is 11.0 Å². The fraction of sp³-hybridized carbons (Fsp3) is 0.500. The number of ether oxygens (including phenoxy) is 1. The number of benzene rings is 1. The Morgan fingerprint density at radius 1 is 1.57 bits per heavy atom. The van der Waals surface area contributed by atoms with Crippen LogP contribution in [0.5, 0.6) is 5.75 Å².